The van der Waals surface area contributed by atoms with Crippen LogP contribution in [-0.4, -0.2) is 58.5 Å². The van der Waals surface area contributed by atoms with Gasteiger partial charge in [0.15, 0.2) is 6.23 Å². The molecule has 1 fully saturated rings. The Kier molecular flexibility index (Phi) is 5.16. The van der Waals surface area contributed by atoms with Crippen molar-refractivity contribution >= 4 is 40.0 Å². The van der Waals surface area contributed by atoms with Crippen LogP contribution in [0.1, 0.15) is 18.1 Å². The molecule has 2 atom stereocenters. The van der Waals surface area contributed by atoms with E-state index in [4.69, 9.17) is 10.5 Å². The number of piperazine rings is 1. The lowest BCUT2D eigenvalue weighted by molar-refractivity contribution is -0.157. The largest absolute Gasteiger partial charge is 0.434 e. The van der Waals surface area contributed by atoms with Crippen LogP contribution in [0.15, 0.2) is 30.6 Å². The van der Waals surface area contributed by atoms with Crippen molar-refractivity contribution in [1.82, 2.24) is 20.1 Å². The Balaban J connectivity index is 1.61. The zero-order valence-corrected chi connectivity index (χ0v) is 18.9. The van der Waals surface area contributed by atoms with E-state index in [0.717, 1.165) is 53.0 Å². The lowest BCUT2D eigenvalue weighted by atomic mass is 10.1. The number of amides is 1. The zero-order valence-electron chi connectivity index (χ0n) is 18.9. The van der Waals surface area contributed by atoms with Gasteiger partial charge >= 0.3 is 11.9 Å². The molecule has 2 aliphatic heterocycles. The van der Waals surface area contributed by atoms with Gasteiger partial charge in [0.2, 0.25) is 0 Å². The number of carbonyl (C=O) groups is 2. The number of ether oxygens (including phenoxy) is 1. The molecule has 1 saturated heterocycles. The molecule has 3 N–H and O–H groups in total. The van der Waals surface area contributed by atoms with E-state index in [-0.39, 0.29) is 0 Å². The zero-order chi connectivity index (χ0) is 23.3. The molecule has 33 heavy (non-hydrogen) atoms. The minimum atomic E-state index is -1.12. The van der Waals surface area contributed by atoms with Crippen molar-refractivity contribution in [2.45, 2.75) is 32.5 Å². The van der Waals surface area contributed by atoms with Gasteiger partial charge in [-0.3, -0.25) is 14.4 Å². The minimum absolute atomic E-state index is 0.360. The summed E-state index contributed by atoms with van der Waals surface area (Å²) < 4.78 is 7.33. The maximum atomic E-state index is 12.2. The topological polar surface area (TPSA) is 119 Å². The number of carbonyl (C=O) groups excluding carboxylic acids is 2. The first kappa shape index (κ1) is 21.2. The van der Waals surface area contributed by atoms with Crippen LogP contribution in [-0.2, 0) is 27.8 Å². The van der Waals surface area contributed by atoms with Gasteiger partial charge in [-0.15, -0.1) is 0 Å². The molecular formula is C23H27N7O3. The smallest absolute Gasteiger partial charge is 0.398 e. The highest BCUT2D eigenvalue weighted by atomic mass is 16.6. The number of hydrogen-bond acceptors (Lipinski definition) is 8. The Morgan fingerprint density at radius 2 is 2.12 bits per heavy atom. The fourth-order valence-electron chi connectivity index (χ4n) is 4.84. The van der Waals surface area contributed by atoms with Crippen LogP contribution in [0.25, 0.3) is 10.9 Å². The third kappa shape index (κ3) is 3.76. The molecular weight excluding hydrogens is 422 g/mol. The number of fused-ring (bicyclic) bond motifs is 2. The number of nitrogens with one attached hydrogen (secondary N) is 1. The van der Waals surface area contributed by atoms with E-state index >= 15 is 0 Å². The molecule has 0 radical (unpaired) electrons. The summed E-state index contributed by atoms with van der Waals surface area (Å²) in [6, 6.07) is 6.36. The van der Waals surface area contributed by atoms with Crippen molar-refractivity contribution in [2.75, 3.05) is 29.4 Å². The summed E-state index contributed by atoms with van der Waals surface area (Å²) in [7, 11) is 1.88. The van der Waals surface area contributed by atoms with E-state index in [2.05, 4.69) is 27.2 Å². The van der Waals surface area contributed by atoms with Gasteiger partial charge in [0.1, 0.15) is 5.82 Å². The summed E-state index contributed by atoms with van der Waals surface area (Å²) in [5, 5.41) is 8.95. The van der Waals surface area contributed by atoms with E-state index in [0.29, 0.717) is 18.3 Å². The molecule has 0 aliphatic carbocycles. The Morgan fingerprint density at radius 1 is 1.30 bits per heavy atom. The van der Waals surface area contributed by atoms with Gasteiger partial charge in [0.05, 0.1) is 5.52 Å². The van der Waals surface area contributed by atoms with E-state index < -0.39 is 18.1 Å². The van der Waals surface area contributed by atoms with Gasteiger partial charge in [0.25, 0.3) is 0 Å². The number of nitrogens with zero attached hydrogens (tertiary/aromatic N) is 5. The Morgan fingerprint density at radius 3 is 2.88 bits per heavy atom. The summed E-state index contributed by atoms with van der Waals surface area (Å²) in [5.41, 5.74) is 9.95. The van der Waals surface area contributed by atoms with Crippen LogP contribution < -0.4 is 20.9 Å². The molecule has 172 valence electrons. The first-order chi connectivity index (χ1) is 15.8. The second kappa shape index (κ2) is 8.04. The third-order valence-electron chi connectivity index (χ3n) is 6.23. The number of hydrogen-bond donors (Lipinski definition) is 2. The van der Waals surface area contributed by atoms with Crippen LogP contribution in [0.4, 0.5) is 17.2 Å². The number of rotatable bonds is 3. The number of benzene rings is 1. The lowest BCUT2D eigenvalue weighted by Crippen LogP contribution is -2.49. The predicted octanol–water partition coefficient (Wildman–Crippen LogP) is 1.12. The summed E-state index contributed by atoms with van der Waals surface area (Å²) in [6.45, 7) is 6.77. The van der Waals surface area contributed by atoms with Gasteiger partial charge in [-0.2, -0.15) is 5.10 Å². The van der Waals surface area contributed by atoms with E-state index in [1.807, 2.05) is 43.3 Å². The van der Waals surface area contributed by atoms with Gasteiger partial charge < -0.3 is 20.7 Å². The summed E-state index contributed by atoms with van der Waals surface area (Å²) in [4.78, 5) is 32.5. The van der Waals surface area contributed by atoms with Gasteiger partial charge in [0, 0.05) is 73.9 Å². The molecule has 0 bridgehead atoms. The molecule has 1 amide bonds. The van der Waals surface area contributed by atoms with Crippen molar-refractivity contribution in [1.29, 1.82) is 0 Å². The molecule has 0 spiro atoms. The van der Waals surface area contributed by atoms with Gasteiger partial charge in [-0.1, -0.05) is 0 Å². The van der Waals surface area contributed by atoms with Crippen molar-refractivity contribution < 1.29 is 14.3 Å². The van der Waals surface area contributed by atoms with E-state index in [1.165, 1.54) is 0 Å². The SMILES string of the molecule is Cc1cc(N2c3nccc(N4CCN[C@H](C)C4)c3CC2OC(=O)C(N)=O)cc2cn(C)nc12. The molecule has 5 rings (SSSR count). The van der Waals surface area contributed by atoms with Crippen LogP contribution in [0.3, 0.4) is 0 Å². The minimum Gasteiger partial charge on any atom is -0.434 e. The first-order valence-electron chi connectivity index (χ1n) is 11.0. The molecule has 10 nitrogen and oxygen atoms in total. The fraction of sp³-hybridized carbons (Fsp3) is 0.391. The van der Waals surface area contributed by atoms with Crippen LogP contribution >= 0.6 is 0 Å². The molecule has 0 saturated carbocycles. The Labute approximate surface area is 191 Å². The predicted molar refractivity (Wildman–Crippen MR) is 124 cm³/mol. The Bertz CT molecular complexity index is 1250. The van der Waals surface area contributed by atoms with Gasteiger partial charge in [-0.05, 0) is 37.6 Å². The van der Waals surface area contributed by atoms with E-state index in [9.17, 15) is 9.59 Å². The number of nitrogens with two attached hydrogens (primary N) is 1. The number of aryl methyl sites for hydroxylation is 2. The first-order valence-corrected chi connectivity index (χ1v) is 11.0. The van der Waals surface area contributed by atoms with E-state index in [1.54, 1.807) is 10.9 Å². The summed E-state index contributed by atoms with van der Waals surface area (Å²) in [6.07, 6.45) is 3.39. The molecule has 2 aromatic heterocycles. The molecule has 3 aromatic rings. The quantitative estimate of drug-likeness (QED) is 0.451. The average molecular weight is 450 g/mol. The van der Waals surface area contributed by atoms with Crippen molar-refractivity contribution in [3.05, 3.63) is 41.7 Å². The highest BCUT2D eigenvalue weighted by Crippen LogP contribution is 2.43. The standard InChI is InChI=1S/C23H27N7O3/c1-13-8-16(9-15-12-28(3)27-20(13)15)30-19(33-23(32)21(24)31)10-17-18(4-5-26-22(17)30)29-7-6-25-14(2)11-29/h4-5,8-9,12,14,19,25H,6-7,10-11H2,1-3H3,(H2,24,31)/t14-,19?/m1/s1. The van der Waals surface area contributed by atoms with Crippen molar-refractivity contribution in [2.24, 2.45) is 12.8 Å². The molecule has 10 heteroatoms. The number of aromatic nitrogens is 3. The highest BCUT2D eigenvalue weighted by molar-refractivity contribution is 6.31. The van der Waals surface area contributed by atoms with Crippen LogP contribution in [0.2, 0.25) is 0 Å². The highest BCUT2D eigenvalue weighted by Gasteiger charge is 2.38. The maximum Gasteiger partial charge on any atom is 0.398 e. The second-order valence-electron chi connectivity index (χ2n) is 8.74. The lowest BCUT2D eigenvalue weighted by Gasteiger charge is -2.34. The Hall–Kier alpha value is -3.66. The van der Waals surface area contributed by atoms with Crippen LogP contribution in [0.5, 0.6) is 0 Å². The summed E-state index contributed by atoms with van der Waals surface area (Å²) >= 11 is 0. The normalized spacial score (nSPS) is 20.2. The second-order valence-corrected chi connectivity index (χ2v) is 8.74. The average Bonchev–Trinajstić information content (AvgIpc) is 3.33. The van der Waals surface area contributed by atoms with Crippen LogP contribution in [0, 0.1) is 6.92 Å². The van der Waals surface area contributed by atoms with Crippen molar-refractivity contribution in [3.63, 3.8) is 0 Å². The number of anilines is 3. The van der Waals surface area contributed by atoms with Crippen molar-refractivity contribution in [3.8, 4) is 0 Å². The monoisotopic (exact) mass is 449 g/mol. The molecule has 1 aromatic carbocycles. The molecule has 1 unspecified atom stereocenters. The third-order valence-corrected chi connectivity index (χ3v) is 6.23. The maximum absolute atomic E-state index is 12.2. The number of primary amides is 1. The number of pyridine rings is 1. The molecule has 4 heterocycles. The van der Waals surface area contributed by atoms with Gasteiger partial charge in [-0.25, -0.2) is 9.78 Å². The fourth-order valence-corrected chi connectivity index (χ4v) is 4.84. The summed E-state index contributed by atoms with van der Waals surface area (Å²) in [5.74, 6) is -1.47. The number of esters is 1. The molecule has 2 aliphatic rings.